The number of aliphatic hydroxyl groups is 1. The van der Waals surface area contributed by atoms with Crippen molar-refractivity contribution in [3.63, 3.8) is 0 Å². The molecular formula is C9H11IN3O8P-2. The summed E-state index contributed by atoms with van der Waals surface area (Å²) in [5.41, 5.74) is 1.02. The van der Waals surface area contributed by atoms with Gasteiger partial charge in [0.2, 0.25) is 0 Å². The van der Waals surface area contributed by atoms with E-state index in [1.807, 2.05) is 22.6 Å². The smallest absolute Gasteiger partial charge is 0.351 e. The SMILES string of the molecule is O=c1nc(NO)c(I)cn1[C@H]1C[C@H](O)[C@@H](COP(=O)([O-])[O-])O1. The Balaban J connectivity index is 2.14. The molecule has 1 fully saturated rings. The van der Waals surface area contributed by atoms with E-state index in [1.165, 1.54) is 6.20 Å². The molecule has 0 aromatic carbocycles. The molecule has 124 valence electrons. The van der Waals surface area contributed by atoms with Gasteiger partial charge < -0.3 is 28.7 Å². The van der Waals surface area contributed by atoms with Gasteiger partial charge in [0.15, 0.2) is 5.82 Å². The van der Waals surface area contributed by atoms with Gasteiger partial charge in [0.25, 0.3) is 0 Å². The molecule has 0 radical (unpaired) electrons. The first-order chi connectivity index (χ1) is 10.2. The second kappa shape index (κ2) is 6.88. The number of nitrogens with zero attached hydrogens (tertiary/aromatic N) is 2. The molecule has 0 saturated carbocycles. The zero-order chi connectivity index (χ0) is 16.5. The Kier molecular flexibility index (Phi) is 5.55. The van der Waals surface area contributed by atoms with Crippen LogP contribution in [0, 0.1) is 3.57 Å². The van der Waals surface area contributed by atoms with Crippen molar-refractivity contribution >= 4 is 36.2 Å². The lowest BCUT2D eigenvalue weighted by atomic mass is 10.2. The van der Waals surface area contributed by atoms with E-state index in [-0.39, 0.29) is 12.2 Å². The third-order valence-corrected chi connectivity index (χ3v) is 4.18. The molecule has 22 heavy (non-hydrogen) atoms. The van der Waals surface area contributed by atoms with Gasteiger partial charge in [-0.1, -0.05) is 0 Å². The Labute approximate surface area is 137 Å². The monoisotopic (exact) mass is 447 g/mol. The van der Waals surface area contributed by atoms with Gasteiger partial charge in [-0.25, -0.2) is 4.79 Å². The highest BCUT2D eigenvalue weighted by atomic mass is 127. The van der Waals surface area contributed by atoms with Crippen LogP contribution in [0.5, 0.6) is 0 Å². The molecule has 0 amide bonds. The van der Waals surface area contributed by atoms with Crippen LogP contribution in [0.3, 0.4) is 0 Å². The first-order valence-corrected chi connectivity index (χ1v) is 8.44. The van der Waals surface area contributed by atoms with E-state index in [2.05, 4.69) is 9.51 Å². The highest BCUT2D eigenvalue weighted by molar-refractivity contribution is 14.1. The Hall–Kier alpha value is -0.600. The van der Waals surface area contributed by atoms with Crippen LogP contribution in [-0.4, -0.2) is 38.7 Å². The van der Waals surface area contributed by atoms with Crippen LogP contribution in [0.1, 0.15) is 12.6 Å². The Morgan fingerprint density at radius 2 is 2.32 bits per heavy atom. The van der Waals surface area contributed by atoms with Crippen molar-refractivity contribution in [1.82, 2.24) is 9.55 Å². The topological polar surface area (TPSA) is 169 Å². The van der Waals surface area contributed by atoms with Gasteiger partial charge in [0, 0.05) is 12.6 Å². The molecule has 3 N–H and O–H groups in total. The number of aromatic nitrogens is 2. The van der Waals surface area contributed by atoms with Crippen LogP contribution >= 0.6 is 30.4 Å². The number of phosphoric acid groups is 1. The quantitative estimate of drug-likeness (QED) is 0.265. The van der Waals surface area contributed by atoms with Crippen molar-refractivity contribution in [2.45, 2.75) is 24.9 Å². The fraction of sp³-hybridized carbons (Fsp3) is 0.556. The van der Waals surface area contributed by atoms with Crippen LogP contribution in [0.25, 0.3) is 0 Å². The van der Waals surface area contributed by atoms with E-state index >= 15 is 0 Å². The minimum absolute atomic E-state index is 0.0143. The van der Waals surface area contributed by atoms with Crippen molar-refractivity contribution in [2.75, 3.05) is 12.1 Å². The maximum absolute atomic E-state index is 11.8. The maximum Gasteiger partial charge on any atom is 0.351 e. The summed E-state index contributed by atoms with van der Waals surface area (Å²) < 4.78 is 21.3. The molecule has 1 aliphatic heterocycles. The number of halogens is 1. The number of hydrogen-bond donors (Lipinski definition) is 3. The summed E-state index contributed by atoms with van der Waals surface area (Å²) in [6.07, 6.45) is -1.75. The largest absolute Gasteiger partial charge is 0.790 e. The predicted molar refractivity (Wildman–Crippen MR) is 74.7 cm³/mol. The van der Waals surface area contributed by atoms with Crippen LogP contribution in [0.4, 0.5) is 5.82 Å². The average molecular weight is 447 g/mol. The lowest BCUT2D eigenvalue weighted by molar-refractivity contribution is -0.343. The number of ether oxygens (including phenoxy) is 1. The van der Waals surface area contributed by atoms with Crippen molar-refractivity contribution in [1.29, 1.82) is 0 Å². The summed E-state index contributed by atoms with van der Waals surface area (Å²) in [7, 11) is -5.17. The molecule has 1 aromatic rings. The third-order valence-electron chi connectivity index (χ3n) is 2.92. The molecule has 11 nitrogen and oxygen atoms in total. The first-order valence-electron chi connectivity index (χ1n) is 5.90. The Morgan fingerprint density at radius 1 is 1.64 bits per heavy atom. The van der Waals surface area contributed by atoms with Crippen molar-refractivity contribution < 1.29 is 33.9 Å². The van der Waals surface area contributed by atoms with Crippen LogP contribution in [0.15, 0.2) is 11.0 Å². The third kappa shape index (κ3) is 4.23. The second-order valence-corrected chi connectivity index (χ2v) is 6.73. The highest BCUT2D eigenvalue weighted by Crippen LogP contribution is 2.32. The van der Waals surface area contributed by atoms with Crippen LogP contribution in [0.2, 0.25) is 0 Å². The van der Waals surface area contributed by atoms with Gasteiger partial charge in [-0.15, -0.1) is 0 Å². The molecule has 0 aliphatic carbocycles. The molecule has 1 aromatic heterocycles. The highest BCUT2D eigenvalue weighted by Gasteiger charge is 2.36. The number of rotatable bonds is 5. The standard InChI is InChI=1S/C9H13IN3O8P/c10-4-2-13(9(15)11-8(4)12-16)7-1-5(14)6(21-7)3-20-22(17,18)19/h2,5-7,14,16H,1,3H2,(H,11,12,15)(H2,17,18,19)/p-2/t5-,6+,7+/m0/s1. The van der Waals surface area contributed by atoms with Gasteiger partial charge in [-0.2, -0.15) is 4.98 Å². The maximum atomic E-state index is 11.8. The van der Waals surface area contributed by atoms with Gasteiger partial charge in [-0.3, -0.25) is 15.3 Å². The minimum Gasteiger partial charge on any atom is -0.790 e. The second-order valence-electron chi connectivity index (χ2n) is 4.41. The van der Waals surface area contributed by atoms with E-state index in [4.69, 9.17) is 9.94 Å². The minimum atomic E-state index is -5.17. The summed E-state index contributed by atoms with van der Waals surface area (Å²) in [6.45, 7) is -0.641. The lowest BCUT2D eigenvalue weighted by Crippen LogP contribution is -2.30. The number of aliphatic hydroxyl groups excluding tert-OH is 1. The van der Waals surface area contributed by atoms with Gasteiger partial charge >= 0.3 is 5.69 Å². The molecular weight excluding hydrogens is 436 g/mol. The van der Waals surface area contributed by atoms with E-state index in [0.29, 0.717) is 3.57 Å². The van der Waals surface area contributed by atoms with E-state index in [1.54, 1.807) is 5.48 Å². The number of anilines is 1. The van der Waals surface area contributed by atoms with E-state index in [9.17, 15) is 24.3 Å². The van der Waals surface area contributed by atoms with Crippen molar-refractivity contribution in [3.8, 4) is 0 Å². The summed E-state index contributed by atoms with van der Waals surface area (Å²) in [6, 6.07) is 0. The molecule has 2 rings (SSSR count). The van der Waals surface area contributed by atoms with Gasteiger partial charge in [0.1, 0.15) is 12.3 Å². The van der Waals surface area contributed by atoms with Crippen LogP contribution < -0.4 is 21.0 Å². The summed E-state index contributed by atoms with van der Waals surface area (Å²) in [5.74, 6) is -0.0288. The summed E-state index contributed by atoms with van der Waals surface area (Å²) >= 11 is 1.82. The van der Waals surface area contributed by atoms with Gasteiger partial charge in [-0.05, 0) is 22.6 Å². The van der Waals surface area contributed by atoms with Gasteiger partial charge in [0.05, 0.1) is 24.1 Å². The molecule has 0 spiro atoms. The van der Waals surface area contributed by atoms with Crippen LogP contribution in [-0.2, 0) is 13.8 Å². The summed E-state index contributed by atoms with van der Waals surface area (Å²) in [5, 5.41) is 18.6. The number of phosphoric ester groups is 1. The molecule has 0 bridgehead atoms. The zero-order valence-electron chi connectivity index (χ0n) is 10.8. The number of hydrogen-bond acceptors (Lipinski definition) is 10. The molecule has 2 heterocycles. The number of nitrogens with one attached hydrogen (secondary N) is 1. The van der Waals surface area contributed by atoms with Crippen molar-refractivity contribution in [2.24, 2.45) is 0 Å². The molecule has 1 saturated heterocycles. The van der Waals surface area contributed by atoms with E-state index in [0.717, 1.165) is 4.57 Å². The van der Waals surface area contributed by atoms with E-state index < -0.39 is 38.6 Å². The molecule has 3 atom stereocenters. The summed E-state index contributed by atoms with van der Waals surface area (Å²) in [4.78, 5) is 36.3. The molecule has 0 unspecified atom stereocenters. The Bertz CT molecular complexity index is 648. The lowest BCUT2D eigenvalue weighted by Gasteiger charge is -2.30. The fourth-order valence-corrected chi connectivity index (χ4v) is 2.80. The van der Waals surface area contributed by atoms with Crippen molar-refractivity contribution in [3.05, 3.63) is 20.3 Å². The average Bonchev–Trinajstić information content (AvgIpc) is 2.79. The zero-order valence-corrected chi connectivity index (χ0v) is 13.8. The molecule has 1 aliphatic rings. The predicted octanol–water partition coefficient (Wildman–Crippen LogP) is -1.86. The Morgan fingerprint density at radius 3 is 2.91 bits per heavy atom. The normalized spacial score (nSPS) is 25.4. The molecule has 13 heteroatoms. The first kappa shape index (κ1) is 17.7. The fourth-order valence-electron chi connectivity index (χ4n) is 1.93.